The van der Waals surface area contributed by atoms with Crippen LogP contribution < -0.4 is 0 Å². The lowest BCUT2D eigenvalue weighted by Gasteiger charge is -2.44. The van der Waals surface area contributed by atoms with Crippen molar-refractivity contribution in [1.29, 1.82) is 0 Å². The third-order valence-electron chi connectivity index (χ3n) is 3.74. The fraction of sp³-hybridized carbons (Fsp3) is 0.909. The molecule has 2 rings (SSSR count). The molecule has 0 spiro atoms. The van der Waals surface area contributed by atoms with E-state index in [2.05, 4.69) is 16.8 Å². The first-order valence-electron chi connectivity index (χ1n) is 5.86. The lowest BCUT2D eigenvalue weighted by Crippen LogP contribution is -2.57. The van der Waals surface area contributed by atoms with E-state index in [0.29, 0.717) is 6.42 Å². The number of thioether (sulfide) groups is 1. The molecular weight excluding hydrogens is 224 g/mol. The van der Waals surface area contributed by atoms with Crippen molar-refractivity contribution in [3.05, 3.63) is 0 Å². The Kier molecular flexibility index (Phi) is 3.77. The van der Waals surface area contributed by atoms with E-state index in [1.807, 2.05) is 11.8 Å². The molecular formula is C11H20N2O2S. The van der Waals surface area contributed by atoms with E-state index in [1.165, 1.54) is 0 Å². The van der Waals surface area contributed by atoms with Gasteiger partial charge in [0.05, 0.1) is 6.42 Å². The monoisotopic (exact) mass is 244 g/mol. The van der Waals surface area contributed by atoms with Crippen molar-refractivity contribution >= 4 is 17.7 Å². The number of carboxylic acid groups (broad SMARTS) is 1. The van der Waals surface area contributed by atoms with Crippen molar-refractivity contribution < 1.29 is 9.90 Å². The van der Waals surface area contributed by atoms with E-state index >= 15 is 0 Å². The number of piperazine rings is 1. The van der Waals surface area contributed by atoms with Crippen LogP contribution in [0, 0.1) is 0 Å². The molecule has 92 valence electrons. The van der Waals surface area contributed by atoms with Crippen molar-refractivity contribution in [2.75, 3.05) is 44.7 Å². The Bertz CT molecular complexity index is 259. The van der Waals surface area contributed by atoms with Gasteiger partial charge in [-0.25, -0.2) is 0 Å². The average Bonchev–Trinajstić information content (AvgIpc) is 2.67. The van der Waals surface area contributed by atoms with E-state index in [0.717, 1.165) is 44.1 Å². The van der Waals surface area contributed by atoms with Crippen molar-refractivity contribution in [2.45, 2.75) is 18.4 Å². The minimum absolute atomic E-state index is 0.0578. The van der Waals surface area contributed by atoms with Gasteiger partial charge >= 0.3 is 5.97 Å². The normalized spacial score (nSPS) is 33.1. The molecule has 1 N–H and O–H groups in total. The second kappa shape index (κ2) is 4.94. The molecule has 1 unspecified atom stereocenters. The van der Waals surface area contributed by atoms with Crippen LogP contribution in [0.25, 0.3) is 0 Å². The van der Waals surface area contributed by atoms with Crippen molar-refractivity contribution in [2.24, 2.45) is 0 Å². The van der Waals surface area contributed by atoms with Gasteiger partial charge in [0.1, 0.15) is 0 Å². The molecule has 0 aromatic heterocycles. The fourth-order valence-electron chi connectivity index (χ4n) is 2.66. The summed E-state index contributed by atoms with van der Waals surface area (Å²) in [5.74, 6) is 1.45. The summed E-state index contributed by atoms with van der Waals surface area (Å²) in [7, 11) is 2.13. The van der Waals surface area contributed by atoms with E-state index in [1.54, 1.807) is 0 Å². The maximum atomic E-state index is 11.0. The minimum atomic E-state index is -0.651. The van der Waals surface area contributed by atoms with Gasteiger partial charge in [-0.15, -0.1) is 0 Å². The van der Waals surface area contributed by atoms with Gasteiger partial charge in [-0.1, -0.05) is 0 Å². The third-order valence-corrected chi connectivity index (χ3v) is 4.97. The number of hydrogen-bond donors (Lipinski definition) is 1. The molecule has 0 bridgehead atoms. The molecule has 0 aromatic rings. The summed E-state index contributed by atoms with van der Waals surface area (Å²) in [6.07, 6.45) is 1.34. The Balaban J connectivity index is 2.04. The summed E-state index contributed by atoms with van der Waals surface area (Å²) in [6, 6.07) is 0. The van der Waals surface area contributed by atoms with Crippen molar-refractivity contribution in [3.63, 3.8) is 0 Å². The molecule has 2 saturated heterocycles. The summed E-state index contributed by atoms with van der Waals surface area (Å²) < 4.78 is 0. The highest BCUT2D eigenvalue weighted by Crippen LogP contribution is 2.36. The van der Waals surface area contributed by atoms with E-state index < -0.39 is 5.97 Å². The molecule has 2 aliphatic heterocycles. The topological polar surface area (TPSA) is 43.8 Å². The van der Waals surface area contributed by atoms with E-state index in [9.17, 15) is 4.79 Å². The second-order valence-electron chi connectivity index (χ2n) is 4.89. The molecule has 4 nitrogen and oxygen atoms in total. The fourth-order valence-corrected chi connectivity index (χ4v) is 4.14. The first-order valence-corrected chi connectivity index (χ1v) is 7.01. The number of hydrogen-bond acceptors (Lipinski definition) is 4. The van der Waals surface area contributed by atoms with Crippen LogP contribution in [0.15, 0.2) is 0 Å². The molecule has 0 saturated carbocycles. The van der Waals surface area contributed by atoms with Gasteiger partial charge in [0.25, 0.3) is 0 Å². The third kappa shape index (κ3) is 2.52. The summed E-state index contributed by atoms with van der Waals surface area (Å²) >= 11 is 1.90. The van der Waals surface area contributed by atoms with Crippen LogP contribution in [0.4, 0.5) is 0 Å². The van der Waals surface area contributed by atoms with Crippen molar-refractivity contribution in [3.8, 4) is 0 Å². The summed E-state index contributed by atoms with van der Waals surface area (Å²) in [5, 5.41) is 9.08. The van der Waals surface area contributed by atoms with Gasteiger partial charge in [0, 0.05) is 37.5 Å². The van der Waals surface area contributed by atoms with Crippen LogP contribution in [0.2, 0.25) is 0 Å². The predicted octanol–water partition coefficient (Wildman–Crippen LogP) is 0.584. The maximum absolute atomic E-state index is 11.0. The first-order chi connectivity index (χ1) is 7.62. The molecule has 0 amide bonds. The Morgan fingerprint density at radius 3 is 2.56 bits per heavy atom. The largest absolute Gasteiger partial charge is 0.481 e. The molecule has 1 atom stereocenters. The summed E-state index contributed by atoms with van der Waals surface area (Å²) in [4.78, 5) is 15.8. The molecule has 16 heavy (non-hydrogen) atoms. The van der Waals surface area contributed by atoms with Crippen LogP contribution >= 0.6 is 11.8 Å². The number of rotatable bonds is 3. The molecule has 2 heterocycles. The number of carboxylic acids is 1. The standard InChI is InChI=1S/C11H20N2O2S/c1-12-3-5-13(6-4-12)11(8-10(14)15)2-7-16-9-11/h2-9H2,1H3,(H,14,15). The highest BCUT2D eigenvalue weighted by molar-refractivity contribution is 7.99. The molecule has 2 fully saturated rings. The highest BCUT2D eigenvalue weighted by Gasteiger charge is 2.42. The summed E-state index contributed by atoms with van der Waals surface area (Å²) in [5.41, 5.74) is -0.0578. The van der Waals surface area contributed by atoms with Gasteiger partial charge in [0.2, 0.25) is 0 Å². The van der Waals surface area contributed by atoms with Gasteiger partial charge in [-0.3, -0.25) is 9.69 Å². The van der Waals surface area contributed by atoms with E-state index in [-0.39, 0.29) is 5.54 Å². The van der Waals surface area contributed by atoms with Crippen LogP contribution in [0.5, 0.6) is 0 Å². The van der Waals surface area contributed by atoms with Crippen LogP contribution in [0.1, 0.15) is 12.8 Å². The smallest absolute Gasteiger partial charge is 0.305 e. The molecule has 0 aromatic carbocycles. The Hall–Kier alpha value is -0.260. The number of aliphatic carboxylic acids is 1. The van der Waals surface area contributed by atoms with Gasteiger partial charge < -0.3 is 10.0 Å². The second-order valence-corrected chi connectivity index (χ2v) is 5.99. The van der Waals surface area contributed by atoms with Gasteiger partial charge in [-0.05, 0) is 19.2 Å². The lowest BCUT2D eigenvalue weighted by molar-refractivity contribution is -0.140. The Morgan fingerprint density at radius 1 is 1.38 bits per heavy atom. The lowest BCUT2D eigenvalue weighted by atomic mass is 9.91. The highest BCUT2D eigenvalue weighted by atomic mass is 32.2. The number of likely N-dealkylation sites (N-methyl/N-ethyl adjacent to an activating group) is 1. The molecule has 0 radical (unpaired) electrons. The van der Waals surface area contributed by atoms with Crippen LogP contribution in [0.3, 0.4) is 0 Å². The average molecular weight is 244 g/mol. The first kappa shape index (κ1) is 12.2. The van der Waals surface area contributed by atoms with Crippen molar-refractivity contribution in [1.82, 2.24) is 9.80 Å². The van der Waals surface area contributed by atoms with Gasteiger partial charge in [0.15, 0.2) is 0 Å². The number of carbonyl (C=O) groups is 1. The molecule has 0 aliphatic carbocycles. The Morgan fingerprint density at radius 2 is 2.06 bits per heavy atom. The minimum Gasteiger partial charge on any atom is -0.481 e. The van der Waals surface area contributed by atoms with E-state index in [4.69, 9.17) is 5.11 Å². The molecule has 5 heteroatoms. The Labute approximate surface area is 101 Å². The maximum Gasteiger partial charge on any atom is 0.305 e. The zero-order chi connectivity index (χ0) is 11.6. The van der Waals surface area contributed by atoms with Crippen LogP contribution in [-0.2, 0) is 4.79 Å². The number of nitrogens with zero attached hydrogens (tertiary/aromatic N) is 2. The predicted molar refractivity (Wildman–Crippen MR) is 66.0 cm³/mol. The van der Waals surface area contributed by atoms with Gasteiger partial charge in [-0.2, -0.15) is 11.8 Å². The van der Waals surface area contributed by atoms with Crippen LogP contribution in [-0.4, -0.2) is 71.1 Å². The SMILES string of the molecule is CN1CCN(C2(CC(=O)O)CCSC2)CC1. The molecule has 2 aliphatic rings. The zero-order valence-electron chi connectivity index (χ0n) is 9.81. The summed E-state index contributed by atoms with van der Waals surface area (Å²) in [6.45, 7) is 4.16. The quantitative estimate of drug-likeness (QED) is 0.787. The zero-order valence-corrected chi connectivity index (χ0v) is 10.6.